The summed E-state index contributed by atoms with van der Waals surface area (Å²) in [5.41, 5.74) is 0.812. The molecule has 0 saturated carbocycles. The normalized spacial score (nSPS) is 10.5. The second kappa shape index (κ2) is 7.20. The van der Waals surface area contributed by atoms with Crippen LogP contribution in [-0.2, 0) is 4.79 Å². The summed E-state index contributed by atoms with van der Waals surface area (Å²) in [6.07, 6.45) is 1.98. The van der Waals surface area contributed by atoms with Crippen molar-refractivity contribution in [3.63, 3.8) is 0 Å². The maximum atomic E-state index is 12.1. The van der Waals surface area contributed by atoms with Crippen molar-refractivity contribution < 1.29 is 9.53 Å². The highest BCUT2D eigenvalue weighted by atomic mass is 32.2. The molecule has 23 heavy (non-hydrogen) atoms. The van der Waals surface area contributed by atoms with Gasteiger partial charge in [-0.1, -0.05) is 48.5 Å². The van der Waals surface area contributed by atoms with Crippen LogP contribution in [0.2, 0.25) is 0 Å². The molecule has 0 fully saturated rings. The maximum absolute atomic E-state index is 12.1. The molecule has 3 nitrogen and oxygen atoms in total. The SMILES string of the molecule is CSc1ccccc1NC(=O)COc1cccc2ccccc12. The van der Waals surface area contributed by atoms with E-state index in [0.29, 0.717) is 0 Å². The number of hydrogen-bond donors (Lipinski definition) is 1. The van der Waals surface area contributed by atoms with Crippen molar-refractivity contribution in [2.24, 2.45) is 0 Å². The van der Waals surface area contributed by atoms with E-state index >= 15 is 0 Å². The zero-order valence-electron chi connectivity index (χ0n) is 12.8. The number of carbonyl (C=O) groups excluding carboxylic acids is 1. The first-order chi connectivity index (χ1) is 11.3. The number of ether oxygens (including phenoxy) is 1. The summed E-state index contributed by atoms with van der Waals surface area (Å²) in [6.45, 7) is -0.0171. The van der Waals surface area contributed by atoms with Crippen LogP contribution in [0.5, 0.6) is 5.75 Å². The summed E-state index contributed by atoms with van der Waals surface area (Å²) < 4.78 is 5.71. The highest BCUT2D eigenvalue weighted by Crippen LogP contribution is 2.26. The summed E-state index contributed by atoms with van der Waals surface area (Å²) in [4.78, 5) is 13.2. The Balaban J connectivity index is 1.69. The van der Waals surface area contributed by atoms with Gasteiger partial charge in [-0.05, 0) is 29.8 Å². The number of rotatable bonds is 5. The summed E-state index contributed by atoms with van der Waals surface area (Å²) in [5, 5.41) is 5.00. The van der Waals surface area contributed by atoms with Gasteiger partial charge in [0.25, 0.3) is 5.91 Å². The first kappa shape index (κ1) is 15.4. The number of anilines is 1. The first-order valence-electron chi connectivity index (χ1n) is 7.31. The Morgan fingerprint density at radius 3 is 2.61 bits per heavy atom. The molecule has 0 saturated heterocycles. The van der Waals surface area contributed by atoms with Gasteiger partial charge in [0.05, 0.1) is 5.69 Å². The van der Waals surface area contributed by atoms with Gasteiger partial charge in [0.2, 0.25) is 0 Å². The Morgan fingerprint density at radius 2 is 1.74 bits per heavy atom. The Labute approximate surface area is 139 Å². The Hall–Kier alpha value is -2.46. The van der Waals surface area contributed by atoms with Gasteiger partial charge in [-0.15, -0.1) is 11.8 Å². The Morgan fingerprint density at radius 1 is 1.00 bits per heavy atom. The predicted octanol–water partition coefficient (Wildman–Crippen LogP) is 4.58. The molecular formula is C19H17NO2S. The van der Waals surface area contributed by atoms with Gasteiger partial charge in [0.1, 0.15) is 5.75 Å². The molecule has 0 aliphatic carbocycles. The summed E-state index contributed by atoms with van der Waals surface area (Å²) in [6, 6.07) is 21.5. The second-order valence-corrected chi connectivity index (χ2v) is 5.86. The third-order valence-electron chi connectivity index (χ3n) is 3.49. The molecule has 3 aromatic rings. The van der Waals surface area contributed by atoms with E-state index in [1.165, 1.54) is 0 Å². The number of benzene rings is 3. The van der Waals surface area contributed by atoms with E-state index in [4.69, 9.17) is 4.74 Å². The Bertz CT molecular complexity index is 827. The van der Waals surface area contributed by atoms with Crippen molar-refractivity contribution >= 4 is 34.1 Å². The minimum Gasteiger partial charge on any atom is -0.483 e. The van der Waals surface area contributed by atoms with Crippen molar-refractivity contribution in [2.75, 3.05) is 18.2 Å². The van der Waals surface area contributed by atoms with Crippen LogP contribution in [0.3, 0.4) is 0 Å². The molecule has 0 radical (unpaired) electrons. The third-order valence-corrected chi connectivity index (χ3v) is 4.29. The lowest BCUT2D eigenvalue weighted by Gasteiger charge is -2.11. The number of hydrogen-bond acceptors (Lipinski definition) is 3. The molecule has 4 heteroatoms. The quantitative estimate of drug-likeness (QED) is 0.699. The first-order valence-corrected chi connectivity index (χ1v) is 8.54. The average molecular weight is 323 g/mol. The lowest BCUT2D eigenvalue weighted by molar-refractivity contribution is -0.118. The number of fused-ring (bicyclic) bond motifs is 1. The predicted molar refractivity (Wildman–Crippen MR) is 96.3 cm³/mol. The minimum atomic E-state index is -0.167. The summed E-state index contributed by atoms with van der Waals surface area (Å²) in [7, 11) is 0. The van der Waals surface area contributed by atoms with Crippen molar-refractivity contribution in [1.29, 1.82) is 0 Å². The average Bonchev–Trinajstić information content (AvgIpc) is 2.60. The molecule has 0 aromatic heterocycles. The van der Waals surface area contributed by atoms with Gasteiger partial charge in [-0.25, -0.2) is 0 Å². The number of nitrogens with one attached hydrogen (secondary N) is 1. The van der Waals surface area contributed by atoms with Crippen LogP contribution in [0.1, 0.15) is 0 Å². The zero-order chi connectivity index (χ0) is 16.1. The van der Waals surface area contributed by atoms with Crippen LogP contribution >= 0.6 is 11.8 Å². The van der Waals surface area contributed by atoms with Crippen LogP contribution < -0.4 is 10.1 Å². The molecule has 1 amide bonds. The molecule has 0 aliphatic heterocycles. The van der Waals surface area contributed by atoms with Gasteiger partial charge in [-0.2, -0.15) is 0 Å². The maximum Gasteiger partial charge on any atom is 0.262 e. The van der Waals surface area contributed by atoms with Crippen LogP contribution in [-0.4, -0.2) is 18.8 Å². The van der Waals surface area contributed by atoms with Crippen molar-refractivity contribution in [3.8, 4) is 5.75 Å². The molecule has 0 unspecified atom stereocenters. The van der Waals surface area contributed by atoms with E-state index < -0.39 is 0 Å². The van der Waals surface area contributed by atoms with E-state index in [-0.39, 0.29) is 12.5 Å². The molecule has 1 N–H and O–H groups in total. The van der Waals surface area contributed by atoms with Gasteiger partial charge in [0, 0.05) is 10.3 Å². The van der Waals surface area contributed by atoms with E-state index in [2.05, 4.69) is 5.32 Å². The van der Waals surface area contributed by atoms with Gasteiger partial charge in [0.15, 0.2) is 6.61 Å². The second-order valence-electron chi connectivity index (χ2n) is 5.01. The van der Waals surface area contributed by atoms with Crippen molar-refractivity contribution in [1.82, 2.24) is 0 Å². The highest BCUT2D eigenvalue weighted by molar-refractivity contribution is 7.98. The van der Waals surface area contributed by atoms with Crippen LogP contribution in [0, 0.1) is 0 Å². The van der Waals surface area contributed by atoms with Crippen molar-refractivity contribution in [3.05, 3.63) is 66.7 Å². The fourth-order valence-corrected chi connectivity index (χ4v) is 2.95. The number of carbonyl (C=O) groups is 1. The van der Waals surface area contributed by atoms with Crippen molar-refractivity contribution in [2.45, 2.75) is 4.90 Å². The van der Waals surface area contributed by atoms with Gasteiger partial charge in [-0.3, -0.25) is 4.79 Å². The van der Waals surface area contributed by atoms with Crippen LogP contribution in [0.25, 0.3) is 10.8 Å². The van der Waals surface area contributed by atoms with Crippen LogP contribution in [0.4, 0.5) is 5.69 Å². The molecule has 0 bridgehead atoms. The fraction of sp³-hybridized carbons (Fsp3) is 0.105. The minimum absolute atomic E-state index is 0.0171. The number of para-hydroxylation sites is 1. The van der Waals surface area contributed by atoms with E-state index in [1.54, 1.807) is 11.8 Å². The summed E-state index contributed by atoms with van der Waals surface area (Å²) in [5.74, 6) is 0.552. The monoisotopic (exact) mass is 323 g/mol. The standard InChI is InChI=1S/C19H17NO2S/c1-23-18-12-5-4-10-16(18)20-19(21)13-22-17-11-6-8-14-7-2-3-9-15(14)17/h2-12H,13H2,1H3,(H,20,21). The number of thioether (sulfide) groups is 1. The molecule has 3 rings (SSSR count). The molecule has 0 heterocycles. The highest BCUT2D eigenvalue weighted by Gasteiger charge is 2.08. The Kier molecular flexibility index (Phi) is 4.83. The number of amides is 1. The van der Waals surface area contributed by atoms with Gasteiger partial charge >= 0.3 is 0 Å². The fourth-order valence-electron chi connectivity index (χ4n) is 2.40. The molecule has 0 aliphatic rings. The third kappa shape index (κ3) is 3.66. The van der Waals surface area contributed by atoms with Crippen LogP contribution in [0.15, 0.2) is 71.6 Å². The molecular weight excluding hydrogens is 306 g/mol. The van der Waals surface area contributed by atoms with E-state index in [0.717, 1.165) is 27.1 Å². The lowest BCUT2D eigenvalue weighted by atomic mass is 10.1. The molecule has 0 spiro atoms. The lowest BCUT2D eigenvalue weighted by Crippen LogP contribution is -2.20. The smallest absolute Gasteiger partial charge is 0.262 e. The van der Waals surface area contributed by atoms with Gasteiger partial charge < -0.3 is 10.1 Å². The molecule has 116 valence electrons. The molecule has 0 atom stereocenters. The zero-order valence-corrected chi connectivity index (χ0v) is 13.6. The molecule has 3 aromatic carbocycles. The topological polar surface area (TPSA) is 38.3 Å². The van der Waals surface area contributed by atoms with E-state index in [9.17, 15) is 4.79 Å². The summed E-state index contributed by atoms with van der Waals surface area (Å²) >= 11 is 1.60. The van der Waals surface area contributed by atoms with E-state index in [1.807, 2.05) is 73.0 Å². The largest absolute Gasteiger partial charge is 0.483 e.